The summed E-state index contributed by atoms with van der Waals surface area (Å²) in [7, 11) is 0. The average Bonchev–Trinajstić information content (AvgIpc) is 2.04. The quantitative estimate of drug-likeness (QED) is 0.589. The van der Waals surface area contributed by atoms with Crippen LogP contribution in [0.5, 0.6) is 0 Å². The van der Waals surface area contributed by atoms with Gasteiger partial charge in [-0.2, -0.15) is 4.91 Å². The summed E-state index contributed by atoms with van der Waals surface area (Å²) < 4.78 is 0. The first-order valence-electron chi connectivity index (χ1n) is 4.23. The molecule has 4 heteroatoms. The van der Waals surface area contributed by atoms with E-state index in [4.69, 9.17) is 10.2 Å². The number of aliphatic hydroxyl groups excluding tert-OH is 2. The molecule has 4 nitrogen and oxygen atoms in total. The van der Waals surface area contributed by atoms with Crippen molar-refractivity contribution in [1.29, 1.82) is 0 Å². The van der Waals surface area contributed by atoms with E-state index in [0.29, 0.717) is 12.8 Å². The molecule has 0 aromatic carbocycles. The molecule has 0 saturated carbocycles. The van der Waals surface area contributed by atoms with Crippen LogP contribution in [0, 0.1) is 10.8 Å². The lowest BCUT2D eigenvalue weighted by Gasteiger charge is -2.15. The summed E-state index contributed by atoms with van der Waals surface area (Å²) >= 11 is 0. The second kappa shape index (κ2) is 6.08. The Kier molecular flexibility index (Phi) is 5.84. The van der Waals surface area contributed by atoms with Crippen molar-refractivity contribution in [1.82, 2.24) is 0 Å². The van der Waals surface area contributed by atoms with Gasteiger partial charge in [0.1, 0.15) is 0 Å². The summed E-state index contributed by atoms with van der Waals surface area (Å²) in [6.07, 6.45) is 0.698. The van der Waals surface area contributed by atoms with Crippen LogP contribution in [0.15, 0.2) is 5.18 Å². The largest absolute Gasteiger partial charge is 0.396 e. The fourth-order valence-corrected chi connectivity index (χ4v) is 0.975. The topological polar surface area (TPSA) is 69.9 Å². The standard InChI is InChI=1S/C8H17NO3/c1-6(5-10)8(9-12)4-3-7(2)11/h6-8,10-11H,3-5H2,1-2H3/t6-,7?,8+/m0/s1. The molecule has 0 aromatic rings. The Labute approximate surface area is 72.6 Å². The monoisotopic (exact) mass is 175 g/mol. The van der Waals surface area contributed by atoms with Crippen molar-refractivity contribution in [3.63, 3.8) is 0 Å². The van der Waals surface area contributed by atoms with Crippen molar-refractivity contribution < 1.29 is 10.2 Å². The van der Waals surface area contributed by atoms with E-state index in [0.717, 1.165) is 0 Å². The molecule has 0 rings (SSSR count). The molecule has 0 aliphatic rings. The van der Waals surface area contributed by atoms with Crippen molar-refractivity contribution in [3.05, 3.63) is 4.91 Å². The van der Waals surface area contributed by atoms with Gasteiger partial charge in [0.05, 0.1) is 12.1 Å². The molecule has 0 aliphatic carbocycles. The van der Waals surface area contributed by atoms with Gasteiger partial charge in [-0.3, -0.25) is 0 Å². The fourth-order valence-electron chi connectivity index (χ4n) is 0.975. The minimum atomic E-state index is -0.403. The minimum Gasteiger partial charge on any atom is -0.396 e. The molecule has 0 fully saturated rings. The van der Waals surface area contributed by atoms with E-state index in [1.807, 2.05) is 0 Å². The Morgan fingerprint density at radius 3 is 2.25 bits per heavy atom. The predicted octanol–water partition coefficient (Wildman–Crippen LogP) is 0.911. The van der Waals surface area contributed by atoms with Gasteiger partial charge in [0.15, 0.2) is 0 Å². The van der Waals surface area contributed by atoms with Crippen LogP contribution in [0.2, 0.25) is 0 Å². The molecular weight excluding hydrogens is 158 g/mol. The Hall–Kier alpha value is -0.480. The van der Waals surface area contributed by atoms with Crippen LogP contribution in [0.4, 0.5) is 0 Å². The van der Waals surface area contributed by atoms with Crippen LogP contribution in [0.3, 0.4) is 0 Å². The van der Waals surface area contributed by atoms with Gasteiger partial charge >= 0.3 is 0 Å². The van der Waals surface area contributed by atoms with Gasteiger partial charge in [0, 0.05) is 12.5 Å². The van der Waals surface area contributed by atoms with E-state index in [1.165, 1.54) is 0 Å². The Morgan fingerprint density at radius 1 is 1.33 bits per heavy atom. The summed E-state index contributed by atoms with van der Waals surface area (Å²) in [6, 6.07) is -0.371. The summed E-state index contributed by atoms with van der Waals surface area (Å²) in [5.41, 5.74) is 0. The highest BCUT2D eigenvalue weighted by Crippen LogP contribution is 2.13. The number of nitrogens with zero attached hydrogens (tertiary/aromatic N) is 1. The van der Waals surface area contributed by atoms with Crippen LogP contribution < -0.4 is 0 Å². The number of rotatable bonds is 6. The van der Waals surface area contributed by atoms with E-state index >= 15 is 0 Å². The molecule has 12 heavy (non-hydrogen) atoms. The first kappa shape index (κ1) is 11.5. The molecule has 0 spiro atoms. The Morgan fingerprint density at radius 2 is 1.92 bits per heavy atom. The van der Waals surface area contributed by atoms with Crippen molar-refractivity contribution in [2.75, 3.05) is 6.61 Å². The highest BCUT2D eigenvalue weighted by Gasteiger charge is 2.17. The SMILES string of the molecule is CC(O)CC[C@@H](N=O)[C@@H](C)CO. The summed E-state index contributed by atoms with van der Waals surface area (Å²) in [4.78, 5) is 10.3. The normalized spacial score (nSPS) is 18.3. The van der Waals surface area contributed by atoms with Gasteiger partial charge in [-0.05, 0) is 19.8 Å². The Balaban J connectivity index is 3.74. The highest BCUT2D eigenvalue weighted by atomic mass is 16.3. The molecule has 3 atom stereocenters. The molecule has 72 valence electrons. The maximum absolute atomic E-state index is 10.3. The molecule has 1 unspecified atom stereocenters. The van der Waals surface area contributed by atoms with Gasteiger partial charge in [-0.15, -0.1) is 0 Å². The lowest BCUT2D eigenvalue weighted by molar-refractivity contribution is 0.164. The first-order chi connectivity index (χ1) is 5.61. The number of aliphatic hydroxyl groups is 2. The lowest BCUT2D eigenvalue weighted by Crippen LogP contribution is -2.20. The smallest absolute Gasteiger partial charge is 0.0967 e. The summed E-state index contributed by atoms with van der Waals surface area (Å²) in [6.45, 7) is 3.41. The lowest BCUT2D eigenvalue weighted by atomic mass is 9.98. The van der Waals surface area contributed by atoms with Crippen LogP contribution in [0.1, 0.15) is 26.7 Å². The molecule has 0 aliphatic heterocycles. The zero-order valence-corrected chi connectivity index (χ0v) is 7.60. The summed E-state index contributed by atoms with van der Waals surface area (Å²) in [5, 5.41) is 20.6. The first-order valence-corrected chi connectivity index (χ1v) is 4.23. The maximum atomic E-state index is 10.3. The number of hydrogen-bond donors (Lipinski definition) is 2. The van der Waals surface area contributed by atoms with Crippen LogP contribution in [0.25, 0.3) is 0 Å². The molecular formula is C8H17NO3. The zero-order valence-electron chi connectivity index (χ0n) is 7.60. The van der Waals surface area contributed by atoms with Gasteiger partial charge in [-0.25, -0.2) is 0 Å². The van der Waals surface area contributed by atoms with Crippen LogP contribution in [-0.2, 0) is 0 Å². The molecule has 0 aromatic heterocycles. The average molecular weight is 175 g/mol. The minimum absolute atomic E-state index is 0.0315. The molecule has 0 bridgehead atoms. The van der Waals surface area contributed by atoms with Gasteiger partial charge < -0.3 is 10.2 Å². The summed E-state index contributed by atoms with van der Waals surface area (Å²) in [5.74, 6) is -0.110. The van der Waals surface area contributed by atoms with Crippen molar-refractivity contribution in [2.45, 2.75) is 38.8 Å². The van der Waals surface area contributed by atoms with Crippen LogP contribution >= 0.6 is 0 Å². The molecule has 0 radical (unpaired) electrons. The zero-order chi connectivity index (χ0) is 9.56. The van der Waals surface area contributed by atoms with Crippen molar-refractivity contribution >= 4 is 0 Å². The van der Waals surface area contributed by atoms with Crippen LogP contribution in [-0.4, -0.2) is 29.0 Å². The van der Waals surface area contributed by atoms with Crippen molar-refractivity contribution in [2.24, 2.45) is 11.1 Å². The van der Waals surface area contributed by atoms with E-state index in [-0.39, 0.29) is 18.6 Å². The van der Waals surface area contributed by atoms with Gasteiger partial charge in [0.2, 0.25) is 0 Å². The highest BCUT2D eigenvalue weighted by molar-refractivity contribution is 4.72. The molecule has 0 saturated heterocycles. The third kappa shape index (κ3) is 4.41. The van der Waals surface area contributed by atoms with E-state index in [2.05, 4.69) is 5.18 Å². The second-order valence-corrected chi connectivity index (χ2v) is 3.26. The van der Waals surface area contributed by atoms with Crippen molar-refractivity contribution in [3.8, 4) is 0 Å². The van der Waals surface area contributed by atoms with E-state index in [1.54, 1.807) is 13.8 Å². The Bertz CT molecular complexity index is 127. The van der Waals surface area contributed by atoms with E-state index < -0.39 is 6.10 Å². The van der Waals surface area contributed by atoms with E-state index in [9.17, 15) is 4.91 Å². The fraction of sp³-hybridized carbons (Fsp3) is 1.00. The van der Waals surface area contributed by atoms with Gasteiger partial charge in [0.25, 0.3) is 0 Å². The molecule has 2 N–H and O–H groups in total. The van der Waals surface area contributed by atoms with Gasteiger partial charge in [-0.1, -0.05) is 12.1 Å². The maximum Gasteiger partial charge on any atom is 0.0967 e. The third-order valence-electron chi connectivity index (χ3n) is 1.96. The third-order valence-corrected chi connectivity index (χ3v) is 1.96. The number of nitroso groups, excluding NO2 is 1. The second-order valence-electron chi connectivity index (χ2n) is 3.26. The number of hydrogen-bond acceptors (Lipinski definition) is 4. The molecule has 0 heterocycles. The molecule has 0 amide bonds. The predicted molar refractivity (Wildman–Crippen MR) is 46.7 cm³/mol.